The van der Waals surface area contributed by atoms with Crippen molar-refractivity contribution in [1.29, 1.82) is 0 Å². The zero-order valence-electron chi connectivity index (χ0n) is 11.0. The van der Waals surface area contributed by atoms with E-state index in [9.17, 15) is 4.79 Å². The molecule has 86 valence electrons. The molecule has 0 fully saturated rings. The molecule has 0 aromatic carbocycles. The van der Waals surface area contributed by atoms with Crippen molar-refractivity contribution < 1.29 is 4.79 Å². The molecule has 0 saturated carbocycles. The molecule has 15 heavy (non-hydrogen) atoms. The van der Waals surface area contributed by atoms with E-state index in [1.165, 1.54) is 5.57 Å². The second kappa shape index (κ2) is 3.77. The minimum atomic E-state index is 0.119. The fraction of sp³-hybridized carbons (Fsp3) is 0.786. The molecule has 1 heteroatoms. The van der Waals surface area contributed by atoms with Crippen molar-refractivity contribution in [2.75, 3.05) is 0 Å². The number of carbonyl (C=O) groups excluding carboxylic acids is 1. The van der Waals surface area contributed by atoms with Gasteiger partial charge >= 0.3 is 0 Å². The Kier molecular flexibility index (Phi) is 3.14. The first kappa shape index (κ1) is 12.5. The monoisotopic (exact) mass is 208 g/mol. The lowest BCUT2D eigenvalue weighted by atomic mass is 9.64. The lowest BCUT2D eigenvalue weighted by Gasteiger charge is -2.40. The van der Waals surface area contributed by atoms with Gasteiger partial charge < -0.3 is 0 Å². The zero-order chi connectivity index (χ0) is 11.9. The summed E-state index contributed by atoms with van der Waals surface area (Å²) >= 11 is 0. The van der Waals surface area contributed by atoms with E-state index in [0.717, 1.165) is 12.8 Å². The maximum absolute atomic E-state index is 11.5. The van der Waals surface area contributed by atoms with Gasteiger partial charge in [0.15, 0.2) is 5.78 Å². The Morgan fingerprint density at radius 3 is 2.07 bits per heavy atom. The maximum atomic E-state index is 11.5. The normalized spacial score (nSPS) is 24.0. The fourth-order valence-corrected chi connectivity index (χ4v) is 2.43. The summed E-state index contributed by atoms with van der Waals surface area (Å²) in [4.78, 5) is 11.5. The predicted molar refractivity (Wildman–Crippen MR) is 64.7 cm³/mol. The van der Waals surface area contributed by atoms with Crippen molar-refractivity contribution in [2.45, 2.75) is 54.4 Å². The lowest BCUT2D eigenvalue weighted by molar-refractivity contribution is -0.115. The first-order chi connectivity index (χ1) is 6.62. The SMILES string of the molecule is CC(C)(C)C1=CC(=O)CCC1C(C)(C)C. The van der Waals surface area contributed by atoms with Crippen LogP contribution in [0.2, 0.25) is 0 Å². The molecule has 1 rings (SSSR count). The predicted octanol–water partition coefficient (Wildman–Crippen LogP) is 3.98. The van der Waals surface area contributed by atoms with Gasteiger partial charge in [0.25, 0.3) is 0 Å². The van der Waals surface area contributed by atoms with Crippen molar-refractivity contribution >= 4 is 5.78 Å². The molecule has 1 aliphatic carbocycles. The Morgan fingerprint density at radius 1 is 1.13 bits per heavy atom. The van der Waals surface area contributed by atoms with E-state index < -0.39 is 0 Å². The van der Waals surface area contributed by atoms with Crippen LogP contribution in [0.25, 0.3) is 0 Å². The van der Waals surface area contributed by atoms with Crippen LogP contribution in [0.3, 0.4) is 0 Å². The van der Waals surface area contributed by atoms with E-state index in [1.54, 1.807) is 0 Å². The minimum absolute atomic E-state index is 0.119. The van der Waals surface area contributed by atoms with Crippen LogP contribution in [0.1, 0.15) is 54.4 Å². The van der Waals surface area contributed by atoms with E-state index in [2.05, 4.69) is 41.5 Å². The van der Waals surface area contributed by atoms with Gasteiger partial charge in [-0.25, -0.2) is 0 Å². The van der Waals surface area contributed by atoms with Gasteiger partial charge in [0.05, 0.1) is 0 Å². The van der Waals surface area contributed by atoms with Gasteiger partial charge in [-0.15, -0.1) is 0 Å². The molecule has 0 aromatic heterocycles. The summed E-state index contributed by atoms with van der Waals surface area (Å²) in [6.45, 7) is 13.4. The summed E-state index contributed by atoms with van der Waals surface area (Å²) in [7, 11) is 0. The number of rotatable bonds is 0. The van der Waals surface area contributed by atoms with Crippen LogP contribution in [0.4, 0.5) is 0 Å². The molecule has 1 atom stereocenters. The Hall–Kier alpha value is -0.590. The molecule has 1 unspecified atom stereocenters. The Balaban J connectivity index is 3.09. The van der Waals surface area contributed by atoms with E-state index in [1.807, 2.05) is 6.08 Å². The van der Waals surface area contributed by atoms with E-state index in [0.29, 0.717) is 11.7 Å². The highest BCUT2D eigenvalue weighted by Crippen LogP contribution is 2.45. The summed E-state index contributed by atoms with van der Waals surface area (Å²) in [6.07, 6.45) is 3.65. The van der Waals surface area contributed by atoms with Gasteiger partial charge in [-0.05, 0) is 29.2 Å². The number of hydrogen-bond acceptors (Lipinski definition) is 1. The molecule has 1 aliphatic rings. The second-order valence-corrected chi connectivity index (χ2v) is 6.77. The van der Waals surface area contributed by atoms with Crippen molar-refractivity contribution in [3.63, 3.8) is 0 Å². The van der Waals surface area contributed by atoms with Gasteiger partial charge in [-0.3, -0.25) is 4.79 Å². The molecule has 0 bridgehead atoms. The highest BCUT2D eigenvalue weighted by atomic mass is 16.1. The van der Waals surface area contributed by atoms with Crippen LogP contribution in [-0.2, 0) is 4.79 Å². The molecular weight excluding hydrogens is 184 g/mol. The minimum Gasteiger partial charge on any atom is -0.295 e. The van der Waals surface area contributed by atoms with Crippen molar-refractivity contribution in [2.24, 2.45) is 16.7 Å². The molecule has 0 radical (unpaired) electrons. The molecule has 1 nitrogen and oxygen atoms in total. The van der Waals surface area contributed by atoms with Crippen molar-refractivity contribution in [3.05, 3.63) is 11.6 Å². The lowest BCUT2D eigenvalue weighted by Crippen LogP contribution is -2.32. The highest BCUT2D eigenvalue weighted by Gasteiger charge is 2.36. The first-order valence-corrected chi connectivity index (χ1v) is 5.87. The second-order valence-electron chi connectivity index (χ2n) is 6.77. The van der Waals surface area contributed by atoms with E-state index in [4.69, 9.17) is 0 Å². The molecule has 0 amide bonds. The Labute approximate surface area is 93.9 Å². The number of carbonyl (C=O) groups is 1. The summed E-state index contributed by atoms with van der Waals surface area (Å²) in [5, 5.41) is 0. The van der Waals surface area contributed by atoms with Crippen LogP contribution in [0.5, 0.6) is 0 Å². The third kappa shape index (κ3) is 2.93. The summed E-state index contributed by atoms with van der Waals surface area (Å²) < 4.78 is 0. The summed E-state index contributed by atoms with van der Waals surface area (Å²) in [5.74, 6) is 0.857. The molecule has 0 N–H and O–H groups in total. The van der Waals surface area contributed by atoms with Crippen LogP contribution >= 0.6 is 0 Å². The van der Waals surface area contributed by atoms with Gasteiger partial charge in [0.2, 0.25) is 0 Å². The fourth-order valence-electron chi connectivity index (χ4n) is 2.43. The van der Waals surface area contributed by atoms with Gasteiger partial charge in [-0.2, -0.15) is 0 Å². The van der Waals surface area contributed by atoms with E-state index in [-0.39, 0.29) is 10.8 Å². The average molecular weight is 208 g/mol. The van der Waals surface area contributed by atoms with Gasteiger partial charge in [0.1, 0.15) is 0 Å². The topological polar surface area (TPSA) is 17.1 Å². The van der Waals surface area contributed by atoms with Crippen molar-refractivity contribution in [1.82, 2.24) is 0 Å². The Morgan fingerprint density at radius 2 is 1.67 bits per heavy atom. The smallest absolute Gasteiger partial charge is 0.155 e. The molecular formula is C14H24O. The summed E-state index contributed by atoms with van der Waals surface area (Å²) in [5.41, 5.74) is 1.72. The largest absolute Gasteiger partial charge is 0.295 e. The molecule has 0 heterocycles. The third-order valence-corrected chi connectivity index (χ3v) is 3.28. The Bertz CT molecular complexity index is 283. The standard InChI is InChI=1S/C14H24O/c1-13(2,3)11-8-7-10(15)9-12(11)14(4,5)6/h9,11H,7-8H2,1-6H3. The number of hydrogen-bond donors (Lipinski definition) is 0. The number of ketones is 1. The van der Waals surface area contributed by atoms with Crippen LogP contribution in [-0.4, -0.2) is 5.78 Å². The third-order valence-electron chi connectivity index (χ3n) is 3.28. The maximum Gasteiger partial charge on any atom is 0.155 e. The van der Waals surface area contributed by atoms with Gasteiger partial charge in [-0.1, -0.05) is 47.1 Å². The quantitative estimate of drug-likeness (QED) is 0.588. The van der Waals surface area contributed by atoms with Crippen LogP contribution < -0.4 is 0 Å². The van der Waals surface area contributed by atoms with Gasteiger partial charge in [0, 0.05) is 6.42 Å². The average Bonchev–Trinajstić information content (AvgIpc) is 2.00. The van der Waals surface area contributed by atoms with Crippen LogP contribution in [0.15, 0.2) is 11.6 Å². The number of allylic oxidation sites excluding steroid dienone is 2. The molecule has 0 spiro atoms. The van der Waals surface area contributed by atoms with Crippen molar-refractivity contribution in [3.8, 4) is 0 Å². The summed E-state index contributed by atoms with van der Waals surface area (Å²) in [6, 6.07) is 0. The molecule has 0 aromatic rings. The molecule has 0 saturated heterocycles. The first-order valence-electron chi connectivity index (χ1n) is 5.87. The highest BCUT2D eigenvalue weighted by molar-refractivity contribution is 5.91. The zero-order valence-corrected chi connectivity index (χ0v) is 11.0. The van der Waals surface area contributed by atoms with E-state index >= 15 is 0 Å². The molecule has 0 aliphatic heterocycles. The van der Waals surface area contributed by atoms with Crippen LogP contribution in [0, 0.1) is 16.7 Å².